The summed E-state index contributed by atoms with van der Waals surface area (Å²) in [6, 6.07) is 0. The van der Waals surface area contributed by atoms with Crippen LogP contribution in [0.3, 0.4) is 0 Å². The third-order valence-corrected chi connectivity index (χ3v) is 0.816. The van der Waals surface area contributed by atoms with Crippen LogP contribution >= 0.6 is 12.6 Å². The molecule has 0 bridgehead atoms. The van der Waals surface area contributed by atoms with E-state index >= 15 is 0 Å². The Bertz CT molecular complexity index is 108. The topological polar surface area (TPSA) is 43.1 Å². The number of hydrogen-bond donors (Lipinski definition) is 2. The SMILES string of the molecule is C/C=C(\N)C(=O)S. The first-order chi connectivity index (χ1) is 3.18. The van der Waals surface area contributed by atoms with Crippen LogP contribution in [0.15, 0.2) is 11.8 Å². The van der Waals surface area contributed by atoms with Gasteiger partial charge in [-0.15, -0.1) is 0 Å². The van der Waals surface area contributed by atoms with Crippen molar-refractivity contribution in [2.75, 3.05) is 0 Å². The monoisotopic (exact) mass is 117 g/mol. The van der Waals surface area contributed by atoms with E-state index in [2.05, 4.69) is 12.6 Å². The van der Waals surface area contributed by atoms with Crippen LogP contribution in [0.4, 0.5) is 0 Å². The van der Waals surface area contributed by atoms with Crippen molar-refractivity contribution in [3.63, 3.8) is 0 Å². The van der Waals surface area contributed by atoms with Gasteiger partial charge in [0, 0.05) is 0 Å². The fraction of sp³-hybridized carbons (Fsp3) is 0.250. The van der Waals surface area contributed by atoms with Crippen LogP contribution in [0.1, 0.15) is 6.92 Å². The second-order valence-electron chi connectivity index (χ2n) is 1.05. The summed E-state index contributed by atoms with van der Waals surface area (Å²) >= 11 is 3.44. The summed E-state index contributed by atoms with van der Waals surface area (Å²) in [6.07, 6.45) is 1.51. The highest BCUT2D eigenvalue weighted by Crippen LogP contribution is 1.87. The van der Waals surface area contributed by atoms with Gasteiger partial charge in [0.05, 0.1) is 5.70 Å². The van der Waals surface area contributed by atoms with E-state index < -0.39 is 0 Å². The van der Waals surface area contributed by atoms with E-state index in [1.807, 2.05) is 0 Å². The van der Waals surface area contributed by atoms with Crippen LogP contribution in [0.2, 0.25) is 0 Å². The lowest BCUT2D eigenvalue weighted by atomic mass is 10.5. The highest BCUT2D eigenvalue weighted by Gasteiger charge is 1.91. The third kappa shape index (κ3) is 2.28. The molecule has 40 valence electrons. The summed E-state index contributed by atoms with van der Waals surface area (Å²) in [7, 11) is 0. The van der Waals surface area contributed by atoms with Crippen LogP contribution < -0.4 is 5.73 Å². The molecule has 0 spiro atoms. The molecule has 2 nitrogen and oxygen atoms in total. The molecule has 0 amide bonds. The molecule has 0 unspecified atom stereocenters. The molecule has 0 aromatic rings. The smallest absolute Gasteiger partial charge is 0.231 e. The maximum atomic E-state index is 10.0. The predicted molar refractivity (Wildman–Crippen MR) is 31.9 cm³/mol. The molecule has 0 aromatic heterocycles. The fourth-order valence-electron chi connectivity index (χ4n) is 0.123. The molecule has 0 aliphatic heterocycles. The minimum absolute atomic E-state index is 0.198. The molecule has 0 aliphatic rings. The largest absolute Gasteiger partial charge is 0.395 e. The molecule has 0 rings (SSSR count). The molecule has 2 N–H and O–H groups in total. The van der Waals surface area contributed by atoms with Crippen molar-refractivity contribution >= 4 is 17.7 Å². The van der Waals surface area contributed by atoms with Gasteiger partial charge in [0.25, 0.3) is 0 Å². The predicted octanol–water partition coefficient (Wildman–Crippen LogP) is 0.305. The van der Waals surface area contributed by atoms with Crippen molar-refractivity contribution < 1.29 is 4.79 Å². The Morgan fingerprint density at radius 1 is 1.86 bits per heavy atom. The van der Waals surface area contributed by atoms with E-state index in [0.717, 1.165) is 0 Å². The van der Waals surface area contributed by atoms with Crippen LogP contribution in [-0.4, -0.2) is 5.12 Å². The number of rotatable bonds is 1. The number of allylic oxidation sites excluding steroid dienone is 1. The Labute approximate surface area is 47.8 Å². The first kappa shape index (κ1) is 6.56. The summed E-state index contributed by atoms with van der Waals surface area (Å²) in [6.45, 7) is 1.68. The molecular formula is C4H7NOS. The molecular weight excluding hydrogens is 110 g/mol. The van der Waals surface area contributed by atoms with Crippen molar-refractivity contribution in [2.24, 2.45) is 5.73 Å². The number of carbonyl (C=O) groups is 1. The minimum atomic E-state index is -0.373. The Morgan fingerprint density at radius 3 is 2.29 bits per heavy atom. The molecule has 0 saturated carbocycles. The van der Waals surface area contributed by atoms with Gasteiger partial charge in [-0.05, 0) is 6.92 Å². The summed E-state index contributed by atoms with van der Waals surface area (Å²) in [5.74, 6) is 0. The Morgan fingerprint density at radius 2 is 2.29 bits per heavy atom. The zero-order valence-corrected chi connectivity index (χ0v) is 4.90. The normalized spacial score (nSPS) is 11.4. The lowest BCUT2D eigenvalue weighted by Crippen LogP contribution is -2.03. The van der Waals surface area contributed by atoms with Gasteiger partial charge >= 0.3 is 0 Å². The first-order valence-corrected chi connectivity index (χ1v) is 2.28. The molecule has 0 aromatic carbocycles. The maximum Gasteiger partial charge on any atom is 0.231 e. The number of carbonyl (C=O) groups excluding carboxylic acids is 1. The van der Waals surface area contributed by atoms with E-state index in [1.54, 1.807) is 6.92 Å². The second-order valence-corrected chi connectivity index (χ2v) is 1.46. The Balaban J connectivity index is 3.82. The molecule has 3 heteroatoms. The summed E-state index contributed by atoms with van der Waals surface area (Å²) in [5, 5.41) is -0.373. The highest BCUT2D eigenvalue weighted by molar-refractivity contribution is 7.97. The quantitative estimate of drug-likeness (QED) is 0.383. The summed E-state index contributed by atoms with van der Waals surface area (Å²) in [5.41, 5.74) is 5.25. The number of nitrogens with two attached hydrogens (primary N) is 1. The molecule has 0 radical (unpaired) electrons. The van der Waals surface area contributed by atoms with Gasteiger partial charge in [0.1, 0.15) is 0 Å². The van der Waals surface area contributed by atoms with Crippen LogP contribution in [-0.2, 0) is 4.79 Å². The van der Waals surface area contributed by atoms with Gasteiger partial charge in [-0.1, -0.05) is 18.7 Å². The molecule has 0 saturated heterocycles. The summed E-state index contributed by atoms with van der Waals surface area (Å²) < 4.78 is 0. The lowest BCUT2D eigenvalue weighted by molar-refractivity contribution is -0.107. The van der Waals surface area contributed by atoms with E-state index in [0.29, 0.717) is 0 Å². The van der Waals surface area contributed by atoms with Gasteiger partial charge in [0.15, 0.2) is 0 Å². The zero-order valence-electron chi connectivity index (χ0n) is 4.01. The van der Waals surface area contributed by atoms with Gasteiger partial charge in [0.2, 0.25) is 5.12 Å². The molecule has 0 aliphatic carbocycles. The molecule has 0 heterocycles. The van der Waals surface area contributed by atoms with E-state index in [1.165, 1.54) is 6.08 Å². The molecule has 0 fully saturated rings. The van der Waals surface area contributed by atoms with Gasteiger partial charge in [-0.25, -0.2) is 0 Å². The van der Waals surface area contributed by atoms with E-state index in [4.69, 9.17) is 5.73 Å². The Kier molecular flexibility index (Phi) is 2.52. The third-order valence-electron chi connectivity index (χ3n) is 0.558. The number of hydrogen-bond acceptors (Lipinski definition) is 2. The van der Waals surface area contributed by atoms with Crippen LogP contribution in [0.5, 0.6) is 0 Å². The standard InChI is InChI=1S/C4H7NOS/c1-2-3(5)4(6)7/h2H,5H2,1H3,(H,6,7)/b3-2-. The van der Waals surface area contributed by atoms with Crippen molar-refractivity contribution in [1.82, 2.24) is 0 Å². The average Bonchev–Trinajstić information content (AvgIpc) is 1.65. The second kappa shape index (κ2) is 2.69. The zero-order chi connectivity index (χ0) is 5.86. The first-order valence-electron chi connectivity index (χ1n) is 1.83. The van der Waals surface area contributed by atoms with Crippen molar-refractivity contribution in [1.29, 1.82) is 0 Å². The fourth-order valence-corrected chi connectivity index (χ4v) is 0.253. The lowest BCUT2D eigenvalue weighted by Gasteiger charge is -1.85. The number of thiol groups is 1. The van der Waals surface area contributed by atoms with E-state index in [9.17, 15) is 4.79 Å². The van der Waals surface area contributed by atoms with E-state index in [-0.39, 0.29) is 10.8 Å². The molecule has 7 heavy (non-hydrogen) atoms. The minimum Gasteiger partial charge on any atom is -0.395 e. The average molecular weight is 117 g/mol. The van der Waals surface area contributed by atoms with Crippen LogP contribution in [0, 0.1) is 0 Å². The van der Waals surface area contributed by atoms with Crippen molar-refractivity contribution in [2.45, 2.75) is 6.92 Å². The summed E-state index contributed by atoms with van der Waals surface area (Å²) in [4.78, 5) is 10.0. The van der Waals surface area contributed by atoms with Crippen molar-refractivity contribution in [3.05, 3.63) is 11.8 Å². The van der Waals surface area contributed by atoms with Gasteiger partial charge < -0.3 is 5.73 Å². The highest BCUT2D eigenvalue weighted by atomic mass is 32.1. The van der Waals surface area contributed by atoms with Gasteiger partial charge in [-0.3, -0.25) is 4.79 Å². The Hall–Kier alpha value is -0.440. The maximum absolute atomic E-state index is 10.0. The van der Waals surface area contributed by atoms with Gasteiger partial charge in [-0.2, -0.15) is 0 Å². The van der Waals surface area contributed by atoms with Crippen molar-refractivity contribution in [3.8, 4) is 0 Å². The van der Waals surface area contributed by atoms with Crippen LogP contribution in [0.25, 0.3) is 0 Å². The molecule has 0 atom stereocenters.